The van der Waals surface area contributed by atoms with Crippen molar-refractivity contribution >= 4 is 29.1 Å². The molecular weight excluding hydrogens is 262 g/mol. The maximum Gasteiger partial charge on any atom is 0.323 e. The van der Waals surface area contributed by atoms with Gasteiger partial charge in [-0.05, 0) is 12.8 Å². The summed E-state index contributed by atoms with van der Waals surface area (Å²) < 4.78 is 1.60. The molecule has 0 saturated carbocycles. The van der Waals surface area contributed by atoms with Crippen LogP contribution in [0.25, 0.3) is 0 Å². The lowest BCUT2D eigenvalue weighted by molar-refractivity contribution is -0.388. The molecule has 0 radical (unpaired) electrons. The molecule has 0 aliphatic rings. The Labute approximate surface area is 110 Å². The lowest BCUT2D eigenvalue weighted by atomic mass is 10.2. The lowest BCUT2D eigenvalue weighted by Gasteiger charge is -1.99. The zero-order valence-corrected chi connectivity index (χ0v) is 11.6. The van der Waals surface area contributed by atoms with Crippen LogP contribution in [0.3, 0.4) is 0 Å². The quantitative estimate of drug-likeness (QED) is 0.253. The SMILES string of the molecule is CCCc1nn(C)c(SCCCCl)c1[N+](=O)[O-]. The maximum absolute atomic E-state index is 11.1. The number of thioether (sulfide) groups is 1. The van der Waals surface area contributed by atoms with Gasteiger partial charge < -0.3 is 0 Å². The molecule has 0 atom stereocenters. The van der Waals surface area contributed by atoms with Crippen molar-refractivity contribution in [2.24, 2.45) is 7.05 Å². The second-order valence-corrected chi connectivity index (χ2v) is 5.08. The standard InChI is InChI=1S/C10H16ClN3O2S/c1-3-5-8-9(14(15)16)10(13(2)12-8)17-7-4-6-11/h3-7H2,1-2H3. The van der Waals surface area contributed by atoms with E-state index in [-0.39, 0.29) is 10.6 Å². The summed E-state index contributed by atoms with van der Waals surface area (Å²) in [7, 11) is 1.75. The van der Waals surface area contributed by atoms with E-state index in [9.17, 15) is 10.1 Å². The molecule has 0 bridgehead atoms. The van der Waals surface area contributed by atoms with Crippen molar-refractivity contribution in [1.29, 1.82) is 0 Å². The van der Waals surface area contributed by atoms with Gasteiger partial charge in [0.2, 0.25) is 0 Å². The van der Waals surface area contributed by atoms with Crippen LogP contribution in [0.1, 0.15) is 25.5 Å². The lowest BCUT2D eigenvalue weighted by Crippen LogP contribution is -1.95. The summed E-state index contributed by atoms with van der Waals surface area (Å²) in [5.74, 6) is 1.34. The predicted octanol–water partition coefficient (Wildman–Crippen LogP) is 3.00. The first-order valence-corrected chi connectivity index (χ1v) is 7.02. The summed E-state index contributed by atoms with van der Waals surface area (Å²) in [6, 6.07) is 0. The van der Waals surface area contributed by atoms with Gasteiger partial charge in [0.1, 0.15) is 5.69 Å². The molecule has 0 saturated heterocycles. The van der Waals surface area contributed by atoms with Gasteiger partial charge in [0, 0.05) is 18.7 Å². The van der Waals surface area contributed by atoms with Crippen LogP contribution < -0.4 is 0 Å². The third-order valence-corrected chi connectivity index (χ3v) is 3.72. The van der Waals surface area contributed by atoms with Crippen molar-refractivity contribution in [3.8, 4) is 0 Å². The number of hydrogen-bond donors (Lipinski definition) is 0. The summed E-state index contributed by atoms with van der Waals surface area (Å²) in [4.78, 5) is 10.7. The molecular formula is C10H16ClN3O2S. The molecule has 0 spiro atoms. The summed E-state index contributed by atoms with van der Waals surface area (Å²) in [6.45, 7) is 1.98. The number of nitrogens with zero attached hydrogens (tertiary/aromatic N) is 3. The Kier molecular flexibility index (Phi) is 5.77. The fourth-order valence-corrected chi connectivity index (χ4v) is 2.86. The molecule has 1 heterocycles. The van der Waals surface area contributed by atoms with E-state index in [0.29, 0.717) is 23.0 Å². The first kappa shape index (κ1) is 14.3. The number of nitro groups is 1. The second kappa shape index (κ2) is 6.86. The number of aryl methyl sites for hydroxylation is 2. The topological polar surface area (TPSA) is 61.0 Å². The van der Waals surface area contributed by atoms with Gasteiger partial charge >= 0.3 is 5.69 Å². The number of alkyl halides is 1. The van der Waals surface area contributed by atoms with Crippen LogP contribution >= 0.6 is 23.4 Å². The molecule has 0 amide bonds. The Morgan fingerprint density at radius 3 is 2.82 bits per heavy atom. The highest BCUT2D eigenvalue weighted by Gasteiger charge is 2.25. The molecule has 0 fully saturated rings. The molecule has 1 aromatic rings. The average Bonchev–Trinajstić information content (AvgIpc) is 2.56. The minimum atomic E-state index is -0.332. The Hall–Kier alpha value is -0.750. The van der Waals surface area contributed by atoms with Crippen molar-refractivity contribution in [2.75, 3.05) is 11.6 Å². The van der Waals surface area contributed by atoms with E-state index in [0.717, 1.165) is 18.6 Å². The molecule has 5 nitrogen and oxygen atoms in total. The van der Waals surface area contributed by atoms with Gasteiger partial charge in [-0.15, -0.1) is 11.6 Å². The molecule has 1 aromatic heterocycles. The van der Waals surface area contributed by atoms with Crippen LogP contribution in [0.2, 0.25) is 0 Å². The summed E-state index contributed by atoms with van der Waals surface area (Å²) in [5, 5.41) is 15.9. The molecule has 1 rings (SSSR count). The normalized spacial score (nSPS) is 10.8. The first-order chi connectivity index (χ1) is 8.11. The van der Waals surface area contributed by atoms with Crippen molar-refractivity contribution in [2.45, 2.75) is 31.2 Å². The Morgan fingerprint density at radius 1 is 1.59 bits per heavy atom. The van der Waals surface area contributed by atoms with E-state index < -0.39 is 0 Å². The smallest absolute Gasteiger partial charge is 0.258 e. The Balaban J connectivity index is 2.96. The van der Waals surface area contributed by atoms with Crippen LogP contribution in [-0.2, 0) is 13.5 Å². The second-order valence-electron chi connectivity index (χ2n) is 3.62. The summed E-state index contributed by atoms with van der Waals surface area (Å²) in [5.41, 5.74) is 0.738. The van der Waals surface area contributed by atoms with E-state index in [1.165, 1.54) is 11.8 Å². The van der Waals surface area contributed by atoms with E-state index in [1.807, 2.05) is 6.92 Å². The van der Waals surface area contributed by atoms with Gasteiger partial charge in [-0.3, -0.25) is 14.8 Å². The van der Waals surface area contributed by atoms with E-state index in [2.05, 4.69) is 5.10 Å². The van der Waals surface area contributed by atoms with Crippen LogP contribution in [0.15, 0.2) is 5.03 Å². The first-order valence-electron chi connectivity index (χ1n) is 5.50. The number of aromatic nitrogens is 2. The minimum Gasteiger partial charge on any atom is -0.258 e. The molecule has 0 aliphatic heterocycles. The molecule has 0 unspecified atom stereocenters. The summed E-state index contributed by atoms with van der Waals surface area (Å²) >= 11 is 7.04. The van der Waals surface area contributed by atoms with Gasteiger partial charge in [0.25, 0.3) is 0 Å². The monoisotopic (exact) mass is 277 g/mol. The average molecular weight is 278 g/mol. The highest BCUT2D eigenvalue weighted by atomic mass is 35.5. The molecule has 0 aliphatic carbocycles. The summed E-state index contributed by atoms with van der Waals surface area (Å²) in [6.07, 6.45) is 2.32. The zero-order valence-electron chi connectivity index (χ0n) is 9.98. The maximum atomic E-state index is 11.1. The van der Waals surface area contributed by atoms with Crippen LogP contribution in [-0.4, -0.2) is 26.3 Å². The number of hydrogen-bond acceptors (Lipinski definition) is 4. The molecule has 17 heavy (non-hydrogen) atoms. The largest absolute Gasteiger partial charge is 0.323 e. The number of halogens is 1. The highest BCUT2D eigenvalue weighted by Crippen LogP contribution is 2.32. The van der Waals surface area contributed by atoms with Crippen molar-refractivity contribution in [3.05, 3.63) is 15.8 Å². The molecule has 7 heteroatoms. The highest BCUT2D eigenvalue weighted by molar-refractivity contribution is 7.99. The molecule has 96 valence electrons. The van der Waals surface area contributed by atoms with Gasteiger partial charge in [-0.25, -0.2) is 0 Å². The fourth-order valence-electron chi connectivity index (χ4n) is 1.52. The van der Waals surface area contributed by atoms with Gasteiger partial charge in [-0.1, -0.05) is 25.1 Å². The van der Waals surface area contributed by atoms with Crippen LogP contribution in [0.4, 0.5) is 5.69 Å². The van der Waals surface area contributed by atoms with E-state index >= 15 is 0 Å². The van der Waals surface area contributed by atoms with Crippen molar-refractivity contribution < 1.29 is 4.92 Å². The fraction of sp³-hybridized carbons (Fsp3) is 0.700. The minimum absolute atomic E-state index is 0.161. The molecule has 0 N–H and O–H groups in total. The van der Waals surface area contributed by atoms with E-state index in [1.54, 1.807) is 11.7 Å². The third kappa shape index (κ3) is 3.61. The third-order valence-electron chi connectivity index (χ3n) is 2.23. The van der Waals surface area contributed by atoms with Crippen LogP contribution in [0.5, 0.6) is 0 Å². The zero-order chi connectivity index (χ0) is 12.8. The number of rotatable bonds is 7. The van der Waals surface area contributed by atoms with E-state index in [4.69, 9.17) is 11.6 Å². The van der Waals surface area contributed by atoms with Crippen molar-refractivity contribution in [1.82, 2.24) is 9.78 Å². The van der Waals surface area contributed by atoms with Gasteiger partial charge in [0.15, 0.2) is 5.03 Å². The predicted molar refractivity (Wildman–Crippen MR) is 69.9 cm³/mol. The Bertz CT molecular complexity index is 395. The Morgan fingerprint density at radius 2 is 2.29 bits per heavy atom. The van der Waals surface area contributed by atoms with Crippen molar-refractivity contribution in [3.63, 3.8) is 0 Å². The van der Waals surface area contributed by atoms with Gasteiger partial charge in [-0.2, -0.15) is 5.10 Å². The van der Waals surface area contributed by atoms with Gasteiger partial charge in [0.05, 0.1) is 4.92 Å². The van der Waals surface area contributed by atoms with Crippen LogP contribution in [0, 0.1) is 10.1 Å². The molecule has 0 aromatic carbocycles.